The fourth-order valence-corrected chi connectivity index (χ4v) is 5.76. The van der Waals surface area contributed by atoms with Gasteiger partial charge in [0.15, 0.2) is 0 Å². The van der Waals surface area contributed by atoms with Crippen LogP contribution in [0.5, 0.6) is 0 Å². The van der Waals surface area contributed by atoms with Crippen LogP contribution >= 0.6 is 11.8 Å². The minimum absolute atomic E-state index is 0.231. The van der Waals surface area contributed by atoms with E-state index >= 15 is 0 Å². The highest BCUT2D eigenvalue weighted by atomic mass is 32.2. The van der Waals surface area contributed by atoms with E-state index in [4.69, 9.17) is 5.41 Å². The van der Waals surface area contributed by atoms with Gasteiger partial charge in [-0.25, -0.2) is 5.43 Å². The van der Waals surface area contributed by atoms with Gasteiger partial charge in [-0.3, -0.25) is 5.01 Å². The first-order valence-corrected chi connectivity index (χ1v) is 13.1. The molecule has 1 saturated heterocycles. The Balaban J connectivity index is 0.000000291. The minimum Gasteiger partial charge on any atom is -0.374 e. The Bertz CT molecular complexity index is 1120. The van der Waals surface area contributed by atoms with E-state index in [9.17, 15) is 0 Å². The van der Waals surface area contributed by atoms with Gasteiger partial charge in [0.25, 0.3) is 0 Å². The highest BCUT2D eigenvalue weighted by Gasteiger charge is 2.24. The molecule has 5 rings (SSSR count). The highest BCUT2D eigenvalue weighted by molar-refractivity contribution is 8.08. The van der Waals surface area contributed by atoms with E-state index in [1.807, 2.05) is 36.0 Å². The summed E-state index contributed by atoms with van der Waals surface area (Å²) in [5, 5.41) is 13.5. The maximum atomic E-state index is 7.79. The largest absolute Gasteiger partial charge is 0.374 e. The topological polar surface area (TPSA) is 51.1 Å². The third kappa shape index (κ3) is 5.48. The van der Waals surface area contributed by atoms with Crippen LogP contribution in [0.1, 0.15) is 65.9 Å². The molecule has 5 heteroatoms. The molecule has 2 heterocycles. The molecule has 3 aliphatic rings. The maximum Gasteiger partial charge on any atom is 0.102 e. The maximum absolute atomic E-state index is 7.79. The second-order valence-corrected chi connectivity index (χ2v) is 10.6. The van der Waals surface area contributed by atoms with E-state index < -0.39 is 0 Å². The van der Waals surface area contributed by atoms with E-state index in [1.165, 1.54) is 52.6 Å². The third-order valence-electron chi connectivity index (χ3n) is 6.37. The molecule has 0 spiro atoms. The number of allylic oxidation sites excluding steroid dienone is 1. The van der Waals surface area contributed by atoms with Crippen LogP contribution < -0.4 is 10.7 Å². The molecule has 2 aliphatic heterocycles. The summed E-state index contributed by atoms with van der Waals surface area (Å²) in [7, 11) is 0. The first-order chi connectivity index (χ1) is 16.5. The molecule has 2 aromatic rings. The summed E-state index contributed by atoms with van der Waals surface area (Å²) in [6, 6.07) is 13.4. The van der Waals surface area contributed by atoms with Gasteiger partial charge < -0.3 is 10.7 Å². The van der Waals surface area contributed by atoms with Crippen molar-refractivity contribution in [3.05, 3.63) is 101 Å². The van der Waals surface area contributed by atoms with Gasteiger partial charge in [0.1, 0.15) is 5.37 Å². The average molecular weight is 473 g/mol. The fraction of sp³-hybridized carbons (Fsp3) is 0.345. The van der Waals surface area contributed by atoms with E-state index in [1.54, 1.807) is 5.56 Å². The van der Waals surface area contributed by atoms with E-state index in [2.05, 4.69) is 73.8 Å². The van der Waals surface area contributed by atoms with Crippen LogP contribution in [0.25, 0.3) is 4.91 Å². The monoisotopic (exact) mass is 472 g/mol. The van der Waals surface area contributed by atoms with Gasteiger partial charge >= 0.3 is 0 Å². The van der Waals surface area contributed by atoms with Gasteiger partial charge in [0.2, 0.25) is 0 Å². The molecule has 0 amide bonds. The van der Waals surface area contributed by atoms with Crippen molar-refractivity contribution in [3.8, 4) is 0 Å². The van der Waals surface area contributed by atoms with Crippen molar-refractivity contribution in [3.63, 3.8) is 0 Å². The Morgan fingerprint density at radius 2 is 2.09 bits per heavy atom. The van der Waals surface area contributed by atoms with Crippen LogP contribution in [0.3, 0.4) is 0 Å². The second-order valence-electron chi connectivity index (χ2n) is 9.42. The van der Waals surface area contributed by atoms with Gasteiger partial charge in [-0.05, 0) is 78.0 Å². The predicted molar refractivity (Wildman–Crippen MR) is 147 cm³/mol. The molecule has 1 aliphatic carbocycles. The van der Waals surface area contributed by atoms with Crippen LogP contribution in [0.15, 0.2) is 67.2 Å². The molecule has 2 aromatic carbocycles. The van der Waals surface area contributed by atoms with E-state index in [0.29, 0.717) is 5.92 Å². The molecule has 0 radical (unpaired) electrons. The molecular formula is C29H36N4S. The standard InChI is InChI=1S/C23H26N2S.C6H10N2/c1-15(2)11-17-9-10-18(12-19(17)13-24)23-25-14-22(26-23)21-8-4-6-16-5-3-7-20(16)21;1-3-4-8-6(2)5-7-8/h4,6,8-10,12-15,23-25H,3,5,7,11H2,1-2H3;3-4,7H,2,5H2,1H3/b;4-3-. The number of hydrazine groups is 1. The number of nitrogens with zero attached hydrogens (tertiary/aromatic N) is 1. The molecule has 0 bridgehead atoms. The number of aryl methyl sites for hydroxylation is 1. The SMILES string of the molecule is C=C1CNN1/C=C\C.CC(C)Cc1ccc(C2NC=C(c3cccc4c3CCC4)S2)cc1C=N. The Morgan fingerprint density at radius 1 is 1.24 bits per heavy atom. The number of benzene rings is 2. The highest BCUT2D eigenvalue weighted by Crippen LogP contribution is 2.45. The van der Waals surface area contributed by atoms with E-state index in [0.717, 1.165) is 24.2 Å². The number of rotatable bonds is 6. The lowest BCUT2D eigenvalue weighted by Crippen LogP contribution is -2.47. The van der Waals surface area contributed by atoms with Crippen molar-refractivity contribution in [2.75, 3.05) is 6.54 Å². The average Bonchev–Trinajstić information content (AvgIpc) is 3.52. The molecule has 0 aromatic heterocycles. The molecule has 34 heavy (non-hydrogen) atoms. The number of hydrogen-bond donors (Lipinski definition) is 3. The third-order valence-corrected chi connectivity index (χ3v) is 7.61. The van der Waals surface area contributed by atoms with Crippen molar-refractivity contribution in [1.82, 2.24) is 15.8 Å². The van der Waals surface area contributed by atoms with Gasteiger partial charge in [-0.1, -0.05) is 68.6 Å². The van der Waals surface area contributed by atoms with Crippen LogP contribution in [-0.4, -0.2) is 17.8 Å². The zero-order chi connectivity index (χ0) is 24.1. The summed E-state index contributed by atoms with van der Waals surface area (Å²) >= 11 is 1.90. The second kappa shape index (κ2) is 11.1. The number of nitrogens with one attached hydrogen (secondary N) is 3. The molecular weight excluding hydrogens is 436 g/mol. The summed E-state index contributed by atoms with van der Waals surface area (Å²) in [6.07, 6.45) is 12.3. The summed E-state index contributed by atoms with van der Waals surface area (Å²) < 4.78 is 0. The number of hydrogen-bond acceptors (Lipinski definition) is 5. The molecule has 0 saturated carbocycles. The summed E-state index contributed by atoms with van der Waals surface area (Å²) in [5.74, 6) is 0.604. The molecule has 1 fully saturated rings. The lowest BCUT2D eigenvalue weighted by Gasteiger charge is -2.33. The van der Waals surface area contributed by atoms with Crippen molar-refractivity contribution >= 4 is 22.9 Å². The quantitative estimate of drug-likeness (QED) is 0.417. The van der Waals surface area contributed by atoms with Crippen LogP contribution in [0.4, 0.5) is 0 Å². The fourth-order valence-electron chi connectivity index (χ4n) is 4.63. The van der Waals surface area contributed by atoms with Gasteiger partial charge in [0.05, 0.1) is 6.54 Å². The summed E-state index contributed by atoms with van der Waals surface area (Å²) in [5.41, 5.74) is 12.2. The van der Waals surface area contributed by atoms with E-state index in [-0.39, 0.29) is 5.37 Å². The first-order valence-electron chi connectivity index (χ1n) is 12.2. The normalized spacial score (nSPS) is 18.8. The molecule has 4 nitrogen and oxygen atoms in total. The van der Waals surface area contributed by atoms with Crippen molar-refractivity contribution in [2.24, 2.45) is 5.92 Å². The Kier molecular flexibility index (Phi) is 7.96. The predicted octanol–water partition coefficient (Wildman–Crippen LogP) is 6.56. The summed E-state index contributed by atoms with van der Waals surface area (Å²) in [4.78, 5) is 1.34. The smallest absolute Gasteiger partial charge is 0.102 e. The number of fused-ring (bicyclic) bond motifs is 1. The van der Waals surface area contributed by atoms with Gasteiger partial charge in [-0.2, -0.15) is 0 Å². The van der Waals surface area contributed by atoms with Crippen molar-refractivity contribution in [2.45, 2.75) is 51.8 Å². The molecule has 1 atom stereocenters. The van der Waals surface area contributed by atoms with Gasteiger partial charge in [-0.15, -0.1) is 0 Å². The lowest BCUT2D eigenvalue weighted by atomic mass is 9.96. The Labute approximate surface area is 208 Å². The van der Waals surface area contributed by atoms with Crippen LogP contribution in [-0.2, 0) is 19.3 Å². The molecule has 178 valence electrons. The van der Waals surface area contributed by atoms with Gasteiger partial charge in [0, 0.05) is 29.2 Å². The first kappa shape index (κ1) is 24.4. The molecule has 3 N–H and O–H groups in total. The zero-order valence-corrected chi connectivity index (χ0v) is 21.3. The summed E-state index contributed by atoms with van der Waals surface area (Å²) in [6.45, 7) is 11.1. The molecule has 1 unspecified atom stereocenters. The Morgan fingerprint density at radius 3 is 2.74 bits per heavy atom. The minimum atomic E-state index is 0.231. The lowest BCUT2D eigenvalue weighted by molar-refractivity contribution is 0.250. The van der Waals surface area contributed by atoms with Crippen molar-refractivity contribution < 1.29 is 0 Å². The Hall–Kier alpha value is -2.76. The zero-order valence-electron chi connectivity index (χ0n) is 20.5. The van der Waals surface area contributed by atoms with Crippen LogP contribution in [0, 0.1) is 11.3 Å². The van der Waals surface area contributed by atoms with Crippen LogP contribution in [0.2, 0.25) is 0 Å². The van der Waals surface area contributed by atoms with Crippen molar-refractivity contribution in [1.29, 1.82) is 5.41 Å². The number of thioether (sulfide) groups is 1.